The van der Waals surface area contributed by atoms with Gasteiger partial charge in [-0.2, -0.15) is 0 Å². The molecule has 8 rings (SSSR count). The molecule has 1 nitrogen and oxygen atoms in total. The van der Waals surface area contributed by atoms with Gasteiger partial charge in [0.15, 0.2) is 0 Å². The molecule has 0 saturated carbocycles. The van der Waals surface area contributed by atoms with Gasteiger partial charge in [0.05, 0.1) is 0 Å². The number of fused-ring (bicyclic) bond motifs is 14. The minimum Gasteiger partial charge on any atom is -0.376 e. The third-order valence-electron chi connectivity index (χ3n) is 7.68. The largest absolute Gasteiger partial charge is 0.376 e. The lowest BCUT2D eigenvalue weighted by Crippen LogP contribution is -2.59. The maximum atomic E-state index is 2.59. The van der Waals surface area contributed by atoms with Crippen LogP contribution in [0.1, 0.15) is 11.1 Å². The van der Waals surface area contributed by atoms with Crippen molar-refractivity contribution in [3.8, 4) is 33.4 Å². The molecule has 2 aliphatic heterocycles. The Morgan fingerprint density at radius 1 is 0.455 bits per heavy atom. The third kappa shape index (κ3) is 2.23. The summed E-state index contributed by atoms with van der Waals surface area (Å²) < 4.78 is 0. The lowest BCUT2D eigenvalue weighted by molar-refractivity contribution is 1.26. The van der Waals surface area contributed by atoms with E-state index in [1.54, 1.807) is 0 Å². The Balaban J connectivity index is 1.49. The number of benzene rings is 5. The van der Waals surface area contributed by atoms with Crippen molar-refractivity contribution in [1.29, 1.82) is 0 Å². The van der Waals surface area contributed by atoms with E-state index in [-0.39, 0.29) is 6.85 Å². The fraction of sp³-hybridized carbons (Fsp3) is 0.0323. The molecule has 0 spiro atoms. The first-order valence-electron chi connectivity index (χ1n) is 11.7. The standard InChI is InChI=1S/C31H20BN/c1-2-10-22-20(9-1)17-21-18-27-24-12-4-7-15-29(24)32-28-14-6-3-11-23(28)25-13-5-8-16-30(25)33(32)31(27)19-26(21)22/h1-16,18-19H,17H2. The van der Waals surface area contributed by atoms with Gasteiger partial charge >= 0.3 is 6.85 Å². The molecule has 0 unspecified atom stereocenters. The van der Waals surface area contributed by atoms with Crippen molar-refractivity contribution in [1.82, 2.24) is 0 Å². The predicted molar refractivity (Wildman–Crippen MR) is 139 cm³/mol. The van der Waals surface area contributed by atoms with Crippen molar-refractivity contribution in [3.05, 3.63) is 120 Å². The van der Waals surface area contributed by atoms with E-state index in [1.807, 2.05) is 0 Å². The van der Waals surface area contributed by atoms with E-state index in [1.165, 1.54) is 66.8 Å². The van der Waals surface area contributed by atoms with E-state index in [2.05, 4.69) is 114 Å². The Morgan fingerprint density at radius 2 is 1.06 bits per heavy atom. The molecule has 0 fully saturated rings. The Kier molecular flexibility index (Phi) is 3.33. The maximum absolute atomic E-state index is 2.59. The molecule has 5 aromatic carbocycles. The van der Waals surface area contributed by atoms with Crippen molar-refractivity contribution in [2.24, 2.45) is 0 Å². The van der Waals surface area contributed by atoms with Crippen molar-refractivity contribution < 1.29 is 0 Å². The quantitative estimate of drug-likeness (QED) is 0.268. The van der Waals surface area contributed by atoms with E-state index < -0.39 is 0 Å². The molecule has 0 N–H and O–H groups in total. The van der Waals surface area contributed by atoms with Gasteiger partial charge in [-0.1, -0.05) is 91.0 Å². The van der Waals surface area contributed by atoms with E-state index >= 15 is 0 Å². The summed E-state index contributed by atoms with van der Waals surface area (Å²) in [5.74, 6) is 0. The fourth-order valence-electron chi connectivity index (χ4n) is 6.31. The smallest absolute Gasteiger partial charge is 0.329 e. The van der Waals surface area contributed by atoms with Gasteiger partial charge in [-0.25, -0.2) is 0 Å². The lowest BCUT2D eigenvalue weighted by Gasteiger charge is -2.43. The SMILES string of the molecule is c1ccc2c(c1)Cc1cc3c(cc1-2)N1B(c2ccccc2-c2ccccc21)c1ccccc1-3. The summed E-state index contributed by atoms with van der Waals surface area (Å²) in [6.45, 7) is 0.175. The van der Waals surface area contributed by atoms with Gasteiger partial charge in [-0.05, 0) is 68.9 Å². The molecule has 0 atom stereocenters. The Labute approximate surface area is 194 Å². The van der Waals surface area contributed by atoms with E-state index in [0.29, 0.717) is 0 Å². The second-order valence-corrected chi connectivity index (χ2v) is 9.32. The first-order chi connectivity index (χ1) is 16.4. The van der Waals surface area contributed by atoms with Gasteiger partial charge < -0.3 is 4.81 Å². The highest BCUT2D eigenvalue weighted by Gasteiger charge is 2.42. The lowest BCUT2D eigenvalue weighted by atomic mass is 9.43. The molecule has 1 aliphatic carbocycles. The van der Waals surface area contributed by atoms with Gasteiger partial charge in [0.25, 0.3) is 0 Å². The average molecular weight is 417 g/mol. The zero-order valence-electron chi connectivity index (χ0n) is 18.1. The second kappa shape index (κ2) is 6.27. The van der Waals surface area contributed by atoms with Crippen LogP contribution in [0.25, 0.3) is 33.4 Å². The van der Waals surface area contributed by atoms with Crippen LogP contribution in [0.5, 0.6) is 0 Å². The van der Waals surface area contributed by atoms with Crippen LogP contribution in [-0.4, -0.2) is 6.85 Å². The number of rotatable bonds is 0. The average Bonchev–Trinajstić information content (AvgIpc) is 3.25. The molecule has 0 amide bonds. The normalized spacial score (nSPS) is 13.8. The molecule has 0 radical (unpaired) electrons. The van der Waals surface area contributed by atoms with Crippen LogP contribution < -0.4 is 15.7 Å². The number of para-hydroxylation sites is 1. The van der Waals surface area contributed by atoms with E-state index in [0.717, 1.165) is 6.42 Å². The molecule has 2 heteroatoms. The topological polar surface area (TPSA) is 3.24 Å². The van der Waals surface area contributed by atoms with Crippen molar-refractivity contribution in [2.75, 3.05) is 4.81 Å². The molecule has 0 bridgehead atoms. The number of hydrogen-bond donors (Lipinski definition) is 0. The van der Waals surface area contributed by atoms with Crippen LogP contribution in [0.2, 0.25) is 0 Å². The highest BCUT2D eigenvalue weighted by atomic mass is 15.1. The Bertz CT molecular complexity index is 1620. The molecule has 152 valence electrons. The van der Waals surface area contributed by atoms with Gasteiger partial charge in [-0.15, -0.1) is 0 Å². The Morgan fingerprint density at radius 3 is 1.85 bits per heavy atom. The molecule has 0 aromatic heterocycles. The first-order valence-corrected chi connectivity index (χ1v) is 11.7. The summed E-state index contributed by atoms with van der Waals surface area (Å²) in [6.07, 6.45) is 1.02. The minimum atomic E-state index is 0.175. The molecular weight excluding hydrogens is 397 g/mol. The molecule has 0 saturated heterocycles. The number of anilines is 2. The van der Waals surface area contributed by atoms with Crippen LogP contribution in [0.3, 0.4) is 0 Å². The molecule has 3 aliphatic rings. The molecule has 5 aromatic rings. The van der Waals surface area contributed by atoms with Gasteiger partial charge in [0, 0.05) is 22.5 Å². The zero-order chi connectivity index (χ0) is 21.5. The van der Waals surface area contributed by atoms with Crippen LogP contribution in [0, 0.1) is 0 Å². The van der Waals surface area contributed by atoms with Crippen LogP contribution in [0.4, 0.5) is 11.4 Å². The second-order valence-electron chi connectivity index (χ2n) is 9.32. The summed E-state index contributed by atoms with van der Waals surface area (Å²) in [4.78, 5) is 2.59. The fourth-order valence-corrected chi connectivity index (χ4v) is 6.31. The highest BCUT2D eigenvalue weighted by molar-refractivity contribution is 6.92. The molecule has 33 heavy (non-hydrogen) atoms. The first kappa shape index (κ1) is 17.5. The van der Waals surface area contributed by atoms with E-state index in [9.17, 15) is 0 Å². The van der Waals surface area contributed by atoms with Gasteiger partial charge in [-0.3, -0.25) is 0 Å². The van der Waals surface area contributed by atoms with Crippen LogP contribution in [-0.2, 0) is 6.42 Å². The van der Waals surface area contributed by atoms with Crippen LogP contribution >= 0.6 is 0 Å². The highest BCUT2D eigenvalue weighted by Crippen LogP contribution is 2.49. The van der Waals surface area contributed by atoms with Crippen molar-refractivity contribution in [3.63, 3.8) is 0 Å². The summed E-state index contributed by atoms with van der Waals surface area (Å²) >= 11 is 0. The summed E-state index contributed by atoms with van der Waals surface area (Å²) in [7, 11) is 0. The summed E-state index contributed by atoms with van der Waals surface area (Å²) in [5.41, 5.74) is 16.4. The van der Waals surface area contributed by atoms with Gasteiger partial charge in [0.2, 0.25) is 0 Å². The summed E-state index contributed by atoms with van der Waals surface area (Å²) in [5, 5.41) is 0. The predicted octanol–water partition coefficient (Wildman–Crippen LogP) is 6.16. The zero-order valence-corrected chi connectivity index (χ0v) is 18.1. The summed E-state index contributed by atoms with van der Waals surface area (Å²) in [6, 6.07) is 40.6. The number of nitrogens with zero attached hydrogens (tertiary/aromatic N) is 1. The minimum absolute atomic E-state index is 0.175. The Hall–Kier alpha value is -4.04. The maximum Gasteiger partial charge on any atom is 0.329 e. The molecule has 2 heterocycles. The van der Waals surface area contributed by atoms with Crippen LogP contribution in [0.15, 0.2) is 109 Å². The monoisotopic (exact) mass is 417 g/mol. The van der Waals surface area contributed by atoms with Crippen molar-refractivity contribution in [2.45, 2.75) is 6.42 Å². The number of hydrogen-bond acceptors (Lipinski definition) is 1. The molecular formula is C31H20BN. The van der Waals surface area contributed by atoms with Crippen molar-refractivity contribution >= 4 is 29.1 Å². The van der Waals surface area contributed by atoms with E-state index in [4.69, 9.17) is 0 Å². The third-order valence-corrected chi connectivity index (χ3v) is 7.68. The van der Waals surface area contributed by atoms with Gasteiger partial charge in [0.1, 0.15) is 0 Å².